The quantitative estimate of drug-likeness (QED) is 0.852. The van der Waals surface area contributed by atoms with Crippen LogP contribution in [0.25, 0.3) is 11.4 Å². The van der Waals surface area contributed by atoms with E-state index in [-0.39, 0.29) is 5.41 Å². The van der Waals surface area contributed by atoms with Gasteiger partial charge in [0.05, 0.1) is 6.04 Å². The average Bonchev–Trinajstić information content (AvgIpc) is 2.93. The molecule has 5 nitrogen and oxygen atoms in total. The largest absolute Gasteiger partial charge is 0.399 e. The molecule has 1 fully saturated rings. The lowest BCUT2D eigenvalue weighted by Gasteiger charge is -2.27. The zero-order valence-electron chi connectivity index (χ0n) is 12.3. The molecule has 2 aromatic rings. The van der Waals surface area contributed by atoms with E-state index in [9.17, 15) is 0 Å². The Kier molecular flexibility index (Phi) is 3.00. The molecule has 0 amide bonds. The summed E-state index contributed by atoms with van der Waals surface area (Å²) in [7, 11) is 0. The first-order valence-electron chi connectivity index (χ1n) is 7.13. The van der Waals surface area contributed by atoms with Crippen LogP contribution >= 0.6 is 0 Å². The number of rotatable bonds is 2. The number of nitrogen functional groups attached to an aromatic ring is 1. The van der Waals surface area contributed by atoms with Crippen molar-refractivity contribution < 1.29 is 0 Å². The van der Waals surface area contributed by atoms with Crippen LogP contribution in [0.1, 0.15) is 44.7 Å². The van der Waals surface area contributed by atoms with Crippen molar-refractivity contribution in [1.82, 2.24) is 20.2 Å². The molecule has 1 heterocycles. The second-order valence-corrected chi connectivity index (χ2v) is 6.48. The van der Waals surface area contributed by atoms with Gasteiger partial charge in [0.1, 0.15) is 0 Å². The number of hydrogen-bond acceptors (Lipinski definition) is 4. The van der Waals surface area contributed by atoms with Gasteiger partial charge in [0, 0.05) is 11.3 Å². The van der Waals surface area contributed by atoms with E-state index in [4.69, 9.17) is 5.73 Å². The monoisotopic (exact) mass is 271 g/mol. The summed E-state index contributed by atoms with van der Waals surface area (Å²) in [6.07, 6.45) is 3.58. The Balaban J connectivity index is 2.06. The molecule has 1 aromatic heterocycles. The van der Waals surface area contributed by atoms with Gasteiger partial charge in [-0.25, -0.2) is 4.68 Å². The topological polar surface area (TPSA) is 69.6 Å². The first kappa shape index (κ1) is 13.1. The van der Waals surface area contributed by atoms with Crippen molar-refractivity contribution in [3.05, 3.63) is 23.8 Å². The Morgan fingerprint density at radius 3 is 2.75 bits per heavy atom. The van der Waals surface area contributed by atoms with E-state index in [1.54, 1.807) is 0 Å². The Morgan fingerprint density at radius 1 is 1.30 bits per heavy atom. The molecular weight excluding hydrogens is 250 g/mol. The lowest BCUT2D eigenvalue weighted by atomic mass is 9.87. The predicted molar refractivity (Wildman–Crippen MR) is 79.1 cm³/mol. The average molecular weight is 271 g/mol. The van der Waals surface area contributed by atoms with Crippen molar-refractivity contribution in [2.75, 3.05) is 5.73 Å². The number of hydrogen-bond donors (Lipinski definition) is 1. The van der Waals surface area contributed by atoms with Crippen molar-refractivity contribution in [1.29, 1.82) is 0 Å². The third-order valence-corrected chi connectivity index (χ3v) is 4.35. The highest BCUT2D eigenvalue weighted by atomic mass is 15.6. The highest BCUT2D eigenvalue weighted by Crippen LogP contribution is 2.46. The molecule has 5 heteroatoms. The predicted octanol–water partition coefficient (Wildman–Crippen LogP) is 2.98. The van der Waals surface area contributed by atoms with E-state index in [0.717, 1.165) is 29.1 Å². The number of anilines is 1. The van der Waals surface area contributed by atoms with E-state index in [0.29, 0.717) is 6.04 Å². The molecule has 0 aliphatic heterocycles. The molecular formula is C15H21N5. The number of aryl methyl sites for hydroxylation is 1. The molecule has 3 rings (SSSR count). The zero-order valence-corrected chi connectivity index (χ0v) is 12.3. The second-order valence-electron chi connectivity index (χ2n) is 6.48. The van der Waals surface area contributed by atoms with Crippen LogP contribution in [0.3, 0.4) is 0 Å². The maximum atomic E-state index is 5.94. The van der Waals surface area contributed by atoms with E-state index in [1.165, 1.54) is 12.8 Å². The fourth-order valence-electron chi connectivity index (χ4n) is 3.30. The molecule has 1 saturated carbocycles. The van der Waals surface area contributed by atoms with Gasteiger partial charge >= 0.3 is 0 Å². The second kappa shape index (κ2) is 4.58. The van der Waals surface area contributed by atoms with Crippen molar-refractivity contribution in [2.24, 2.45) is 5.41 Å². The molecule has 2 N–H and O–H groups in total. The summed E-state index contributed by atoms with van der Waals surface area (Å²) in [4.78, 5) is 0. The van der Waals surface area contributed by atoms with E-state index in [2.05, 4.69) is 35.4 Å². The van der Waals surface area contributed by atoms with Crippen LogP contribution in [-0.2, 0) is 0 Å². The van der Waals surface area contributed by atoms with Gasteiger partial charge in [0.2, 0.25) is 0 Å². The highest BCUT2D eigenvalue weighted by molar-refractivity contribution is 5.62. The highest BCUT2D eigenvalue weighted by Gasteiger charge is 2.38. The molecule has 1 aromatic carbocycles. The van der Waals surface area contributed by atoms with Gasteiger partial charge in [-0.3, -0.25) is 0 Å². The maximum Gasteiger partial charge on any atom is 0.182 e. The summed E-state index contributed by atoms with van der Waals surface area (Å²) < 4.78 is 1.99. The first-order chi connectivity index (χ1) is 9.47. The number of nitrogens with zero attached hydrogens (tertiary/aromatic N) is 4. The molecule has 106 valence electrons. The minimum atomic E-state index is 0.236. The molecule has 1 aliphatic carbocycles. The standard InChI is InChI=1S/C15H21N5/c1-10-7-11(9-12(16)8-10)14-17-18-19-20(14)13-5-4-6-15(13,2)3/h7-9,13H,4-6,16H2,1-3H3. The summed E-state index contributed by atoms with van der Waals surface area (Å²) >= 11 is 0. The third-order valence-electron chi connectivity index (χ3n) is 4.35. The van der Waals surface area contributed by atoms with Gasteiger partial charge < -0.3 is 5.73 Å². The third kappa shape index (κ3) is 2.17. The van der Waals surface area contributed by atoms with Crippen LogP contribution in [0.15, 0.2) is 18.2 Å². The molecule has 1 unspecified atom stereocenters. The number of benzene rings is 1. The molecule has 0 radical (unpaired) electrons. The molecule has 1 atom stereocenters. The molecule has 0 spiro atoms. The molecule has 1 aliphatic rings. The van der Waals surface area contributed by atoms with E-state index >= 15 is 0 Å². The van der Waals surface area contributed by atoms with Crippen LogP contribution in [0.2, 0.25) is 0 Å². The van der Waals surface area contributed by atoms with Crippen LogP contribution in [-0.4, -0.2) is 20.2 Å². The van der Waals surface area contributed by atoms with Crippen LogP contribution in [0, 0.1) is 12.3 Å². The number of tetrazole rings is 1. The molecule has 20 heavy (non-hydrogen) atoms. The van der Waals surface area contributed by atoms with Gasteiger partial charge in [0.25, 0.3) is 0 Å². The lowest BCUT2D eigenvalue weighted by Crippen LogP contribution is -2.23. The fraction of sp³-hybridized carbons (Fsp3) is 0.533. The van der Waals surface area contributed by atoms with Gasteiger partial charge in [-0.05, 0) is 59.4 Å². The van der Waals surface area contributed by atoms with Crippen molar-refractivity contribution in [3.8, 4) is 11.4 Å². The first-order valence-corrected chi connectivity index (χ1v) is 7.13. The summed E-state index contributed by atoms with van der Waals surface area (Å²) in [5.74, 6) is 0.820. The zero-order chi connectivity index (χ0) is 14.3. The van der Waals surface area contributed by atoms with Crippen molar-refractivity contribution >= 4 is 5.69 Å². The van der Waals surface area contributed by atoms with Gasteiger partial charge in [0.15, 0.2) is 5.82 Å². The van der Waals surface area contributed by atoms with Gasteiger partial charge in [-0.2, -0.15) is 0 Å². The number of nitrogens with two attached hydrogens (primary N) is 1. The van der Waals surface area contributed by atoms with E-state index in [1.807, 2.05) is 23.7 Å². The molecule has 0 saturated heterocycles. The Labute approximate surface area is 119 Å². The van der Waals surface area contributed by atoms with E-state index < -0.39 is 0 Å². The Morgan fingerprint density at radius 2 is 2.10 bits per heavy atom. The summed E-state index contributed by atoms with van der Waals surface area (Å²) in [6, 6.07) is 6.34. The summed E-state index contributed by atoms with van der Waals surface area (Å²) in [5.41, 5.74) is 9.05. The van der Waals surface area contributed by atoms with Crippen LogP contribution in [0.5, 0.6) is 0 Å². The van der Waals surface area contributed by atoms with Gasteiger partial charge in [-0.1, -0.05) is 20.3 Å². The van der Waals surface area contributed by atoms with Crippen molar-refractivity contribution in [3.63, 3.8) is 0 Å². The Bertz CT molecular complexity index is 609. The van der Waals surface area contributed by atoms with Crippen LogP contribution < -0.4 is 5.73 Å². The SMILES string of the molecule is Cc1cc(N)cc(-c2nnnn2C2CCCC2(C)C)c1. The summed E-state index contributed by atoms with van der Waals surface area (Å²) in [6.45, 7) is 6.62. The number of aromatic nitrogens is 4. The minimum absolute atomic E-state index is 0.236. The van der Waals surface area contributed by atoms with Crippen LogP contribution in [0.4, 0.5) is 5.69 Å². The smallest absolute Gasteiger partial charge is 0.182 e. The minimum Gasteiger partial charge on any atom is -0.399 e. The maximum absolute atomic E-state index is 5.94. The normalized spacial score (nSPS) is 21.2. The van der Waals surface area contributed by atoms with Gasteiger partial charge in [-0.15, -0.1) is 5.10 Å². The fourth-order valence-corrected chi connectivity index (χ4v) is 3.30. The van der Waals surface area contributed by atoms with Crippen molar-refractivity contribution in [2.45, 2.75) is 46.1 Å². The molecule has 0 bridgehead atoms. The Hall–Kier alpha value is -1.91. The lowest BCUT2D eigenvalue weighted by molar-refractivity contribution is 0.242. The summed E-state index contributed by atoms with van der Waals surface area (Å²) in [5, 5.41) is 12.4.